The van der Waals surface area contributed by atoms with E-state index in [1.165, 1.54) is 0 Å². The molecule has 1 aliphatic rings. The summed E-state index contributed by atoms with van der Waals surface area (Å²) in [5.41, 5.74) is 2.74. The first-order valence-electron chi connectivity index (χ1n) is 9.64. The van der Waals surface area contributed by atoms with Crippen LogP contribution < -0.4 is 10.2 Å². The minimum Gasteiger partial charge on any atom is -0.350 e. The van der Waals surface area contributed by atoms with Crippen molar-refractivity contribution in [3.8, 4) is 0 Å². The molecule has 3 heterocycles. The maximum absolute atomic E-state index is 12.8. The van der Waals surface area contributed by atoms with E-state index in [2.05, 4.69) is 41.0 Å². The second kappa shape index (κ2) is 7.47. The van der Waals surface area contributed by atoms with Crippen molar-refractivity contribution in [2.45, 2.75) is 51.6 Å². The summed E-state index contributed by atoms with van der Waals surface area (Å²) in [7, 11) is 0. The molecule has 0 unspecified atom stereocenters. The van der Waals surface area contributed by atoms with Crippen LogP contribution in [-0.2, 0) is 16.8 Å². The molecule has 1 aromatic carbocycles. The lowest BCUT2D eigenvalue weighted by Crippen LogP contribution is -2.43. The second-order valence-electron chi connectivity index (χ2n) is 8.18. The highest BCUT2D eigenvalue weighted by Gasteiger charge is 2.33. The average Bonchev–Trinajstić information content (AvgIpc) is 3.32. The lowest BCUT2D eigenvalue weighted by Gasteiger charge is -2.23. The number of amides is 1. The number of nitrogens with one attached hydrogen (secondary N) is 1. The molecule has 0 saturated carbocycles. The molecule has 1 amide bonds. The normalized spacial score (nSPS) is 17.2. The van der Waals surface area contributed by atoms with Crippen LogP contribution >= 0.6 is 11.3 Å². The van der Waals surface area contributed by atoms with Crippen molar-refractivity contribution in [2.24, 2.45) is 0 Å². The van der Waals surface area contributed by atoms with Gasteiger partial charge in [0.15, 0.2) is 10.8 Å². The van der Waals surface area contributed by atoms with E-state index in [9.17, 15) is 4.79 Å². The zero-order valence-electron chi connectivity index (χ0n) is 16.5. The van der Waals surface area contributed by atoms with Crippen molar-refractivity contribution in [3.05, 3.63) is 47.9 Å². The second-order valence-corrected chi connectivity index (χ2v) is 9.15. The molecule has 7 heteroatoms. The van der Waals surface area contributed by atoms with Gasteiger partial charge in [-0.15, -0.1) is 0 Å². The van der Waals surface area contributed by atoms with E-state index in [1.807, 2.05) is 30.3 Å². The van der Waals surface area contributed by atoms with Gasteiger partial charge in [0.1, 0.15) is 12.4 Å². The summed E-state index contributed by atoms with van der Waals surface area (Å²) in [5, 5.41) is 3.94. The summed E-state index contributed by atoms with van der Waals surface area (Å²) in [6.07, 6.45) is 3.41. The van der Waals surface area contributed by atoms with Crippen LogP contribution in [0.4, 0.5) is 5.13 Å². The Kier molecular flexibility index (Phi) is 5.02. The van der Waals surface area contributed by atoms with Crippen LogP contribution in [0.2, 0.25) is 0 Å². The standard InChI is InChI=1S/C21H25N5OS/c1-21(2,3)17-16-18(24-13-23-17)25-20(28-16)26-11-7-10-15(26)19(27)22-12-14-8-5-4-6-9-14/h4-6,8-9,13,15H,7,10-12H2,1-3H3,(H,22,27)/t15-/m1/s1. The Bertz CT molecular complexity index is 979. The number of hydrogen-bond acceptors (Lipinski definition) is 6. The third-order valence-corrected chi connectivity index (χ3v) is 6.09. The Balaban J connectivity index is 1.55. The number of fused-ring (bicyclic) bond motifs is 1. The molecule has 0 aliphatic carbocycles. The number of aromatic nitrogens is 3. The van der Waals surface area contributed by atoms with E-state index in [-0.39, 0.29) is 17.4 Å². The highest BCUT2D eigenvalue weighted by atomic mass is 32.1. The van der Waals surface area contributed by atoms with Gasteiger partial charge in [0.2, 0.25) is 5.91 Å². The van der Waals surface area contributed by atoms with Crippen LogP contribution in [0.15, 0.2) is 36.7 Å². The minimum atomic E-state index is -0.185. The number of hydrogen-bond donors (Lipinski definition) is 1. The van der Waals surface area contributed by atoms with E-state index in [1.54, 1.807) is 17.7 Å². The Morgan fingerprint density at radius 3 is 2.79 bits per heavy atom. The fourth-order valence-electron chi connectivity index (χ4n) is 3.57. The molecule has 0 bridgehead atoms. The maximum atomic E-state index is 12.8. The fraction of sp³-hybridized carbons (Fsp3) is 0.429. The van der Waals surface area contributed by atoms with Gasteiger partial charge in [-0.25, -0.2) is 9.97 Å². The first-order chi connectivity index (χ1) is 13.4. The minimum absolute atomic E-state index is 0.0581. The van der Waals surface area contributed by atoms with Gasteiger partial charge in [-0.1, -0.05) is 62.4 Å². The molecule has 1 aliphatic heterocycles. The van der Waals surface area contributed by atoms with Gasteiger partial charge in [0.05, 0.1) is 10.4 Å². The van der Waals surface area contributed by atoms with Crippen molar-refractivity contribution in [3.63, 3.8) is 0 Å². The van der Waals surface area contributed by atoms with Gasteiger partial charge >= 0.3 is 0 Å². The molecule has 146 valence electrons. The Morgan fingerprint density at radius 2 is 2.04 bits per heavy atom. The predicted molar refractivity (Wildman–Crippen MR) is 113 cm³/mol. The van der Waals surface area contributed by atoms with Gasteiger partial charge in [-0.2, -0.15) is 4.98 Å². The molecule has 4 rings (SSSR count). The number of nitrogens with zero attached hydrogens (tertiary/aromatic N) is 4. The zero-order valence-corrected chi connectivity index (χ0v) is 17.3. The first kappa shape index (κ1) is 18.8. The van der Waals surface area contributed by atoms with Crippen molar-refractivity contribution in [1.29, 1.82) is 0 Å². The predicted octanol–water partition coefficient (Wildman–Crippen LogP) is 3.67. The summed E-state index contributed by atoms with van der Waals surface area (Å²) in [4.78, 5) is 28.5. The molecule has 28 heavy (non-hydrogen) atoms. The molecular formula is C21H25N5OS. The molecule has 0 radical (unpaired) electrons. The van der Waals surface area contributed by atoms with E-state index in [0.717, 1.165) is 46.1 Å². The third kappa shape index (κ3) is 3.71. The smallest absolute Gasteiger partial charge is 0.243 e. The van der Waals surface area contributed by atoms with Crippen LogP contribution in [0, 0.1) is 0 Å². The van der Waals surface area contributed by atoms with Gasteiger partial charge in [0.25, 0.3) is 0 Å². The fourth-order valence-corrected chi connectivity index (χ4v) is 4.87. The van der Waals surface area contributed by atoms with E-state index < -0.39 is 0 Å². The Hall–Kier alpha value is -2.54. The summed E-state index contributed by atoms with van der Waals surface area (Å²) in [5.74, 6) is 0.0581. The highest BCUT2D eigenvalue weighted by molar-refractivity contribution is 7.22. The lowest BCUT2D eigenvalue weighted by atomic mass is 9.92. The highest BCUT2D eigenvalue weighted by Crippen LogP contribution is 2.37. The SMILES string of the molecule is CC(C)(C)c1ncnc2nc(N3CCC[C@@H]3C(=O)NCc3ccccc3)sc12. The monoisotopic (exact) mass is 395 g/mol. The van der Waals surface area contributed by atoms with Gasteiger partial charge < -0.3 is 10.2 Å². The van der Waals surface area contributed by atoms with E-state index >= 15 is 0 Å². The molecule has 3 aromatic rings. The summed E-state index contributed by atoms with van der Waals surface area (Å²) >= 11 is 1.59. The van der Waals surface area contributed by atoms with Crippen molar-refractivity contribution in [1.82, 2.24) is 20.3 Å². The van der Waals surface area contributed by atoms with Crippen LogP contribution in [0.5, 0.6) is 0 Å². The number of thiazole rings is 1. The van der Waals surface area contributed by atoms with Crippen LogP contribution in [0.25, 0.3) is 10.3 Å². The summed E-state index contributed by atoms with van der Waals surface area (Å²) in [6.45, 7) is 7.81. The number of carbonyl (C=O) groups is 1. The van der Waals surface area contributed by atoms with Crippen molar-refractivity contribution in [2.75, 3.05) is 11.4 Å². The molecule has 1 saturated heterocycles. The molecule has 1 fully saturated rings. The zero-order chi connectivity index (χ0) is 19.7. The summed E-state index contributed by atoms with van der Waals surface area (Å²) < 4.78 is 1.01. The lowest BCUT2D eigenvalue weighted by molar-refractivity contribution is -0.122. The topological polar surface area (TPSA) is 71.0 Å². The van der Waals surface area contributed by atoms with Gasteiger partial charge in [-0.05, 0) is 18.4 Å². The van der Waals surface area contributed by atoms with E-state index in [0.29, 0.717) is 6.54 Å². The van der Waals surface area contributed by atoms with Crippen LogP contribution in [-0.4, -0.2) is 33.4 Å². The third-order valence-electron chi connectivity index (χ3n) is 5.00. The molecule has 0 spiro atoms. The number of benzene rings is 1. The number of rotatable bonds is 4. The van der Waals surface area contributed by atoms with Crippen molar-refractivity contribution >= 4 is 32.7 Å². The molecule has 1 atom stereocenters. The first-order valence-corrected chi connectivity index (χ1v) is 10.5. The maximum Gasteiger partial charge on any atom is 0.243 e. The van der Waals surface area contributed by atoms with Gasteiger partial charge in [-0.3, -0.25) is 4.79 Å². The average molecular weight is 396 g/mol. The van der Waals surface area contributed by atoms with Crippen molar-refractivity contribution < 1.29 is 4.79 Å². The Morgan fingerprint density at radius 1 is 1.25 bits per heavy atom. The number of carbonyl (C=O) groups excluding carboxylic acids is 1. The molecule has 6 nitrogen and oxygen atoms in total. The quantitative estimate of drug-likeness (QED) is 0.730. The van der Waals surface area contributed by atoms with Gasteiger partial charge in [0, 0.05) is 18.5 Å². The largest absolute Gasteiger partial charge is 0.350 e. The molecular weight excluding hydrogens is 370 g/mol. The molecule has 1 N–H and O–H groups in total. The molecule has 2 aromatic heterocycles. The Labute approximate surface area is 169 Å². The van der Waals surface area contributed by atoms with E-state index in [4.69, 9.17) is 4.98 Å². The number of anilines is 1. The summed E-state index contributed by atoms with van der Waals surface area (Å²) in [6, 6.07) is 9.80. The van der Waals surface area contributed by atoms with Crippen LogP contribution in [0.3, 0.4) is 0 Å². The van der Waals surface area contributed by atoms with Crippen LogP contribution in [0.1, 0.15) is 44.9 Å².